The van der Waals surface area contributed by atoms with Crippen molar-refractivity contribution in [1.29, 1.82) is 0 Å². The highest BCUT2D eigenvalue weighted by Gasteiger charge is 2.31. The van der Waals surface area contributed by atoms with Crippen LogP contribution in [0.4, 0.5) is 0 Å². The molecule has 1 aromatic rings. The Bertz CT molecular complexity index is 418. The number of benzene rings is 1. The molecule has 0 aromatic heterocycles. The number of hydrogen-bond acceptors (Lipinski definition) is 2. The van der Waals surface area contributed by atoms with Gasteiger partial charge in [0.2, 0.25) is 0 Å². The largest absolute Gasteiger partial charge is 0.395 e. The summed E-state index contributed by atoms with van der Waals surface area (Å²) in [4.78, 5) is 2.86. The normalized spacial score (nSPS) is 13.8. The summed E-state index contributed by atoms with van der Waals surface area (Å²) in [5.74, 6) is 0. The standard InChI is InChI=1S/C12H16ClN3O/c1-2-3-8-12(9-17,15-16-14)10-6-4-5-7-11(10)13/h4-7,17H,2-3,8-9H2,1H3. The molecule has 0 spiro atoms. The Morgan fingerprint density at radius 1 is 1.47 bits per heavy atom. The van der Waals surface area contributed by atoms with Crippen LogP contribution in [0.5, 0.6) is 0 Å². The Kier molecular flexibility index (Phi) is 5.29. The van der Waals surface area contributed by atoms with Crippen LogP contribution in [0, 0.1) is 0 Å². The van der Waals surface area contributed by atoms with Gasteiger partial charge in [-0.3, -0.25) is 0 Å². The molecule has 92 valence electrons. The van der Waals surface area contributed by atoms with Crippen molar-refractivity contribution in [3.8, 4) is 0 Å². The second-order valence-corrected chi connectivity index (χ2v) is 4.37. The molecule has 17 heavy (non-hydrogen) atoms. The van der Waals surface area contributed by atoms with E-state index in [0.717, 1.165) is 12.8 Å². The van der Waals surface area contributed by atoms with Crippen molar-refractivity contribution in [2.45, 2.75) is 31.7 Å². The van der Waals surface area contributed by atoms with Crippen molar-refractivity contribution >= 4 is 11.6 Å². The fourth-order valence-electron chi connectivity index (χ4n) is 1.83. The van der Waals surface area contributed by atoms with E-state index in [4.69, 9.17) is 17.1 Å². The van der Waals surface area contributed by atoms with Gasteiger partial charge < -0.3 is 5.11 Å². The zero-order valence-electron chi connectivity index (χ0n) is 9.80. The van der Waals surface area contributed by atoms with E-state index in [0.29, 0.717) is 17.0 Å². The molecular formula is C12H16ClN3O. The molecule has 4 nitrogen and oxygen atoms in total. The van der Waals surface area contributed by atoms with Crippen molar-refractivity contribution in [3.05, 3.63) is 45.3 Å². The van der Waals surface area contributed by atoms with Crippen molar-refractivity contribution < 1.29 is 5.11 Å². The van der Waals surface area contributed by atoms with Crippen LogP contribution in [0.15, 0.2) is 29.4 Å². The van der Waals surface area contributed by atoms with Gasteiger partial charge in [0.1, 0.15) is 0 Å². The minimum atomic E-state index is -0.941. The molecule has 0 amide bonds. The van der Waals surface area contributed by atoms with E-state index in [2.05, 4.69) is 10.0 Å². The lowest BCUT2D eigenvalue weighted by atomic mass is 9.86. The molecule has 1 unspecified atom stereocenters. The van der Waals surface area contributed by atoms with Crippen molar-refractivity contribution in [2.24, 2.45) is 5.11 Å². The number of hydrogen-bond donors (Lipinski definition) is 1. The summed E-state index contributed by atoms with van der Waals surface area (Å²) in [6.07, 6.45) is 2.42. The topological polar surface area (TPSA) is 69.0 Å². The molecule has 1 rings (SSSR count). The van der Waals surface area contributed by atoms with E-state index in [9.17, 15) is 5.11 Å². The van der Waals surface area contributed by atoms with Crippen LogP contribution >= 0.6 is 11.6 Å². The van der Waals surface area contributed by atoms with E-state index in [1.165, 1.54) is 0 Å². The van der Waals surface area contributed by atoms with E-state index < -0.39 is 5.54 Å². The molecule has 0 aliphatic rings. The van der Waals surface area contributed by atoms with Crippen LogP contribution in [0.2, 0.25) is 5.02 Å². The Labute approximate surface area is 106 Å². The van der Waals surface area contributed by atoms with Gasteiger partial charge in [-0.05, 0) is 23.6 Å². The predicted octanol–water partition coefficient (Wildman–Crippen LogP) is 4.03. The quantitative estimate of drug-likeness (QED) is 0.464. The molecule has 1 atom stereocenters. The van der Waals surface area contributed by atoms with Gasteiger partial charge in [0, 0.05) is 9.93 Å². The summed E-state index contributed by atoms with van der Waals surface area (Å²) in [6, 6.07) is 7.16. The SMILES string of the molecule is CCCCC(CO)(N=[N+]=[N-])c1ccccc1Cl. The average molecular weight is 254 g/mol. The van der Waals surface area contributed by atoms with E-state index in [1.807, 2.05) is 19.1 Å². The van der Waals surface area contributed by atoms with Gasteiger partial charge in [-0.2, -0.15) is 0 Å². The number of nitrogens with zero attached hydrogens (tertiary/aromatic N) is 3. The van der Waals surface area contributed by atoms with Crippen molar-refractivity contribution in [2.75, 3.05) is 6.61 Å². The lowest BCUT2D eigenvalue weighted by Crippen LogP contribution is -2.28. The van der Waals surface area contributed by atoms with Gasteiger partial charge in [-0.25, -0.2) is 0 Å². The van der Waals surface area contributed by atoms with Gasteiger partial charge >= 0.3 is 0 Å². The number of rotatable bonds is 6. The molecular weight excluding hydrogens is 238 g/mol. The first-order valence-corrected chi connectivity index (χ1v) is 6.00. The minimum absolute atomic E-state index is 0.235. The number of azide groups is 1. The molecule has 0 saturated heterocycles. The number of aliphatic hydroxyl groups excluding tert-OH is 1. The Hall–Kier alpha value is -1.22. The van der Waals surface area contributed by atoms with Crippen LogP contribution in [0.3, 0.4) is 0 Å². The molecule has 0 fully saturated rings. The van der Waals surface area contributed by atoms with E-state index in [-0.39, 0.29) is 6.61 Å². The summed E-state index contributed by atoms with van der Waals surface area (Å²) in [7, 11) is 0. The first kappa shape index (κ1) is 13.8. The molecule has 0 bridgehead atoms. The lowest BCUT2D eigenvalue weighted by molar-refractivity contribution is 0.185. The summed E-state index contributed by atoms with van der Waals surface area (Å²) < 4.78 is 0. The molecule has 0 aliphatic heterocycles. The number of halogens is 1. The van der Waals surface area contributed by atoms with Gasteiger partial charge in [-0.1, -0.05) is 54.7 Å². The van der Waals surface area contributed by atoms with Crippen LogP contribution in [-0.2, 0) is 5.54 Å². The Balaban J connectivity index is 3.21. The van der Waals surface area contributed by atoms with E-state index >= 15 is 0 Å². The lowest BCUT2D eigenvalue weighted by Gasteiger charge is -2.27. The minimum Gasteiger partial charge on any atom is -0.395 e. The third kappa shape index (κ3) is 3.13. The highest BCUT2D eigenvalue weighted by atomic mass is 35.5. The maximum absolute atomic E-state index is 9.59. The van der Waals surface area contributed by atoms with Gasteiger partial charge in [-0.15, -0.1) is 0 Å². The fourth-order valence-corrected chi connectivity index (χ4v) is 2.14. The molecule has 1 N–H and O–H groups in total. The zero-order chi connectivity index (χ0) is 12.7. The summed E-state index contributed by atoms with van der Waals surface area (Å²) in [6.45, 7) is 1.81. The monoisotopic (exact) mass is 253 g/mol. The predicted molar refractivity (Wildman–Crippen MR) is 68.9 cm³/mol. The summed E-state index contributed by atoms with van der Waals surface area (Å²) in [5.41, 5.74) is 8.44. The molecule has 0 aliphatic carbocycles. The highest BCUT2D eigenvalue weighted by molar-refractivity contribution is 6.31. The Morgan fingerprint density at radius 2 is 2.18 bits per heavy atom. The van der Waals surface area contributed by atoms with Crippen LogP contribution in [0.1, 0.15) is 31.7 Å². The van der Waals surface area contributed by atoms with Crippen molar-refractivity contribution in [3.63, 3.8) is 0 Å². The van der Waals surface area contributed by atoms with Gasteiger partial charge in [0.15, 0.2) is 0 Å². The molecule has 5 heteroatoms. The molecule has 1 aromatic carbocycles. The van der Waals surface area contributed by atoms with E-state index in [1.54, 1.807) is 12.1 Å². The molecule has 0 heterocycles. The fraction of sp³-hybridized carbons (Fsp3) is 0.500. The second-order valence-electron chi connectivity index (χ2n) is 3.96. The van der Waals surface area contributed by atoms with Crippen LogP contribution in [-0.4, -0.2) is 11.7 Å². The van der Waals surface area contributed by atoms with Crippen LogP contribution < -0.4 is 0 Å². The Morgan fingerprint density at radius 3 is 2.71 bits per heavy atom. The van der Waals surface area contributed by atoms with Gasteiger partial charge in [0.25, 0.3) is 0 Å². The maximum atomic E-state index is 9.59. The number of aliphatic hydroxyl groups is 1. The highest BCUT2D eigenvalue weighted by Crippen LogP contribution is 2.35. The number of unbranched alkanes of at least 4 members (excludes halogenated alkanes) is 1. The van der Waals surface area contributed by atoms with Gasteiger partial charge in [0.05, 0.1) is 12.1 Å². The smallest absolute Gasteiger partial charge is 0.0982 e. The molecule has 0 radical (unpaired) electrons. The van der Waals surface area contributed by atoms with Crippen LogP contribution in [0.25, 0.3) is 10.4 Å². The third-order valence-corrected chi connectivity index (χ3v) is 3.15. The second kappa shape index (κ2) is 6.50. The average Bonchev–Trinajstić information content (AvgIpc) is 2.35. The molecule has 0 saturated carbocycles. The first-order valence-electron chi connectivity index (χ1n) is 5.62. The van der Waals surface area contributed by atoms with Crippen molar-refractivity contribution in [1.82, 2.24) is 0 Å². The maximum Gasteiger partial charge on any atom is 0.0982 e. The third-order valence-electron chi connectivity index (χ3n) is 2.82. The summed E-state index contributed by atoms with van der Waals surface area (Å²) in [5, 5.41) is 13.9. The first-order chi connectivity index (χ1) is 8.20. The summed E-state index contributed by atoms with van der Waals surface area (Å²) >= 11 is 6.11. The zero-order valence-corrected chi connectivity index (χ0v) is 10.6.